The number of amides is 1. The molecular formula is C11H22N2O2. The second-order valence-electron chi connectivity index (χ2n) is 5.37. The van der Waals surface area contributed by atoms with Crippen molar-refractivity contribution in [2.45, 2.75) is 39.2 Å². The van der Waals surface area contributed by atoms with Crippen molar-refractivity contribution < 1.29 is 9.90 Å². The summed E-state index contributed by atoms with van der Waals surface area (Å²) in [6.07, 6.45) is 1.94. The van der Waals surface area contributed by atoms with Crippen LogP contribution in [0, 0.1) is 5.41 Å². The maximum absolute atomic E-state index is 11.9. The van der Waals surface area contributed by atoms with Crippen molar-refractivity contribution in [2.24, 2.45) is 5.41 Å². The van der Waals surface area contributed by atoms with Gasteiger partial charge in [0.2, 0.25) is 5.91 Å². The minimum atomic E-state index is -0.411. The zero-order valence-corrected chi connectivity index (χ0v) is 9.89. The summed E-state index contributed by atoms with van der Waals surface area (Å²) in [6, 6.07) is 0. The summed E-state index contributed by atoms with van der Waals surface area (Å²) in [5, 5.41) is 15.2. The maximum atomic E-state index is 11.9. The summed E-state index contributed by atoms with van der Waals surface area (Å²) in [5.74, 6) is 0.0431. The van der Waals surface area contributed by atoms with Crippen LogP contribution in [-0.4, -0.2) is 36.2 Å². The SMILES string of the molecule is CC(C)(CO)CNC(=O)C1(C)CCCN1. The lowest BCUT2D eigenvalue weighted by atomic mass is 9.93. The number of aliphatic hydroxyl groups is 1. The molecule has 1 rings (SSSR count). The summed E-state index contributed by atoms with van der Waals surface area (Å²) in [6.45, 7) is 7.29. The minimum Gasteiger partial charge on any atom is -0.396 e. The molecular weight excluding hydrogens is 192 g/mol. The summed E-state index contributed by atoms with van der Waals surface area (Å²) >= 11 is 0. The fraction of sp³-hybridized carbons (Fsp3) is 0.909. The highest BCUT2D eigenvalue weighted by molar-refractivity contribution is 5.86. The largest absolute Gasteiger partial charge is 0.396 e. The molecule has 0 spiro atoms. The highest BCUT2D eigenvalue weighted by atomic mass is 16.3. The number of nitrogens with one attached hydrogen (secondary N) is 2. The average molecular weight is 214 g/mol. The van der Waals surface area contributed by atoms with Crippen molar-refractivity contribution in [3.05, 3.63) is 0 Å². The second kappa shape index (κ2) is 4.49. The van der Waals surface area contributed by atoms with E-state index in [0.29, 0.717) is 6.54 Å². The van der Waals surface area contributed by atoms with Gasteiger partial charge < -0.3 is 15.7 Å². The predicted molar refractivity (Wildman–Crippen MR) is 59.5 cm³/mol. The summed E-state index contributed by atoms with van der Waals surface area (Å²) in [4.78, 5) is 11.9. The van der Waals surface area contributed by atoms with Crippen LogP contribution in [-0.2, 0) is 4.79 Å². The molecule has 0 aliphatic carbocycles. The molecule has 1 aliphatic rings. The Hall–Kier alpha value is -0.610. The van der Waals surface area contributed by atoms with E-state index in [4.69, 9.17) is 5.11 Å². The highest BCUT2D eigenvalue weighted by Crippen LogP contribution is 2.19. The van der Waals surface area contributed by atoms with Gasteiger partial charge >= 0.3 is 0 Å². The molecule has 0 aromatic rings. The van der Waals surface area contributed by atoms with Crippen LogP contribution in [0.5, 0.6) is 0 Å². The van der Waals surface area contributed by atoms with Gasteiger partial charge in [-0.05, 0) is 26.3 Å². The first-order chi connectivity index (χ1) is 6.90. The van der Waals surface area contributed by atoms with Crippen LogP contribution in [0.4, 0.5) is 0 Å². The van der Waals surface area contributed by atoms with E-state index in [0.717, 1.165) is 19.4 Å². The molecule has 1 atom stereocenters. The summed E-state index contributed by atoms with van der Waals surface area (Å²) in [5.41, 5.74) is -0.657. The Kier molecular flexibility index (Phi) is 3.73. The molecule has 0 radical (unpaired) electrons. The van der Waals surface area contributed by atoms with E-state index in [1.807, 2.05) is 20.8 Å². The normalized spacial score (nSPS) is 26.7. The van der Waals surface area contributed by atoms with Crippen LogP contribution in [0.3, 0.4) is 0 Å². The summed E-state index contributed by atoms with van der Waals surface area (Å²) in [7, 11) is 0. The number of hydrogen-bond acceptors (Lipinski definition) is 3. The first-order valence-corrected chi connectivity index (χ1v) is 5.54. The molecule has 0 aromatic heterocycles. The van der Waals surface area contributed by atoms with Gasteiger partial charge in [0.05, 0.1) is 5.54 Å². The van der Waals surface area contributed by atoms with Gasteiger partial charge in [0.1, 0.15) is 0 Å². The Bertz CT molecular complexity index is 233. The molecule has 0 aromatic carbocycles. The van der Waals surface area contributed by atoms with Gasteiger partial charge in [-0.1, -0.05) is 13.8 Å². The van der Waals surface area contributed by atoms with Crippen LogP contribution in [0.2, 0.25) is 0 Å². The maximum Gasteiger partial charge on any atom is 0.240 e. The fourth-order valence-electron chi connectivity index (χ4n) is 1.66. The average Bonchev–Trinajstić information content (AvgIpc) is 2.63. The van der Waals surface area contributed by atoms with Gasteiger partial charge in [-0.15, -0.1) is 0 Å². The second-order valence-corrected chi connectivity index (χ2v) is 5.37. The quantitative estimate of drug-likeness (QED) is 0.629. The number of rotatable bonds is 4. The van der Waals surface area contributed by atoms with Crippen LogP contribution in [0.15, 0.2) is 0 Å². The van der Waals surface area contributed by atoms with Gasteiger partial charge in [-0.25, -0.2) is 0 Å². The van der Waals surface area contributed by atoms with E-state index in [2.05, 4.69) is 10.6 Å². The van der Waals surface area contributed by atoms with Crippen LogP contribution >= 0.6 is 0 Å². The Morgan fingerprint density at radius 3 is 2.73 bits per heavy atom. The topological polar surface area (TPSA) is 61.4 Å². The lowest BCUT2D eigenvalue weighted by Crippen LogP contribution is -2.53. The van der Waals surface area contributed by atoms with E-state index in [9.17, 15) is 4.79 Å². The molecule has 1 heterocycles. The third-order valence-electron chi connectivity index (χ3n) is 3.03. The first kappa shape index (κ1) is 12.5. The van der Waals surface area contributed by atoms with Gasteiger partial charge in [0.25, 0.3) is 0 Å². The van der Waals surface area contributed by atoms with E-state index < -0.39 is 5.54 Å². The minimum absolute atomic E-state index is 0.0431. The van der Waals surface area contributed by atoms with Crippen LogP contribution < -0.4 is 10.6 Å². The van der Waals surface area contributed by atoms with Crippen molar-refractivity contribution in [3.63, 3.8) is 0 Å². The Balaban J connectivity index is 2.42. The molecule has 3 N–H and O–H groups in total. The zero-order valence-electron chi connectivity index (χ0n) is 9.89. The first-order valence-electron chi connectivity index (χ1n) is 5.54. The van der Waals surface area contributed by atoms with E-state index >= 15 is 0 Å². The van der Waals surface area contributed by atoms with Gasteiger partial charge in [-0.2, -0.15) is 0 Å². The number of carbonyl (C=O) groups is 1. The van der Waals surface area contributed by atoms with Crippen molar-refractivity contribution >= 4 is 5.91 Å². The fourth-order valence-corrected chi connectivity index (χ4v) is 1.66. The van der Waals surface area contributed by atoms with Gasteiger partial charge in [-0.3, -0.25) is 4.79 Å². The van der Waals surface area contributed by atoms with E-state index in [1.54, 1.807) is 0 Å². The van der Waals surface area contributed by atoms with Crippen molar-refractivity contribution in [1.29, 1.82) is 0 Å². The molecule has 1 saturated heterocycles. The predicted octanol–water partition coefficient (Wildman–Crippen LogP) is 0.263. The molecule has 88 valence electrons. The molecule has 1 aliphatic heterocycles. The molecule has 4 heteroatoms. The van der Waals surface area contributed by atoms with Gasteiger partial charge in [0.15, 0.2) is 0 Å². The molecule has 0 bridgehead atoms. The lowest BCUT2D eigenvalue weighted by molar-refractivity contribution is -0.127. The zero-order chi connectivity index (χ0) is 11.5. The molecule has 4 nitrogen and oxygen atoms in total. The van der Waals surface area contributed by atoms with Crippen molar-refractivity contribution in [2.75, 3.05) is 19.7 Å². The monoisotopic (exact) mass is 214 g/mol. The molecule has 1 amide bonds. The highest BCUT2D eigenvalue weighted by Gasteiger charge is 2.36. The third kappa shape index (κ3) is 3.18. The molecule has 15 heavy (non-hydrogen) atoms. The van der Waals surface area contributed by atoms with Crippen LogP contribution in [0.1, 0.15) is 33.6 Å². The molecule has 1 fully saturated rings. The molecule has 0 saturated carbocycles. The Labute approximate surface area is 91.4 Å². The number of carbonyl (C=O) groups excluding carboxylic acids is 1. The molecule has 1 unspecified atom stereocenters. The van der Waals surface area contributed by atoms with E-state index in [1.165, 1.54) is 0 Å². The van der Waals surface area contributed by atoms with E-state index in [-0.39, 0.29) is 17.9 Å². The standard InChI is InChI=1S/C11H22N2O2/c1-10(2,8-14)7-12-9(15)11(3)5-4-6-13-11/h13-14H,4-8H2,1-3H3,(H,12,15). The Morgan fingerprint density at radius 1 is 1.60 bits per heavy atom. The number of hydrogen-bond donors (Lipinski definition) is 3. The Morgan fingerprint density at radius 2 is 2.27 bits per heavy atom. The summed E-state index contributed by atoms with van der Waals surface area (Å²) < 4.78 is 0. The van der Waals surface area contributed by atoms with Crippen molar-refractivity contribution in [1.82, 2.24) is 10.6 Å². The smallest absolute Gasteiger partial charge is 0.240 e. The lowest BCUT2D eigenvalue weighted by Gasteiger charge is -2.27. The number of aliphatic hydroxyl groups excluding tert-OH is 1. The van der Waals surface area contributed by atoms with Gasteiger partial charge in [0, 0.05) is 18.6 Å². The van der Waals surface area contributed by atoms with Crippen LogP contribution in [0.25, 0.3) is 0 Å². The van der Waals surface area contributed by atoms with Crippen molar-refractivity contribution in [3.8, 4) is 0 Å². The third-order valence-corrected chi connectivity index (χ3v) is 3.03.